The van der Waals surface area contributed by atoms with E-state index in [1.54, 1.807) is 0 Å². The Balaban J connectivity index is 4.31. The summed E-state index contributed by atoms with van der Waals surface area (Å²) in [7, 11) is 1.23. The molecule has 6 nitrogen and oxygen atoms in total. The normalized spacial score (nSPS) is 11.8. The summed E-state index contributed by atoms with van der Waals surface area (Å²) in [6.45, 7) is 5.68. The van der Waals surface area contributed by atoms with Crippen molar-refractivity contribution in [2.75, 3.05) is 13.7 Å². The number of amides is 1. The topological polar surface area (TPSA) is 81.7 Å². The standard InChI is InChI=1S/C14H25NO5/c1-5-6-13(17)20-9-11(14(18)19-4)15-12(16)8-7-10(2)3/h10-11H,5-9H2,1-4H3,(H,15,16). The first-order chi connectivity index (χ1) is 9.40. The zero-order valence-corrected chi connectivity index (χ0v) is 12.7. The van der Waals surface area contributed by atoms with Crippen molar-refractivity contribution in [2.24, 2.45) is 5.92 Å². The average Bonchev–Trinajstić information content (AvgIpc) is 2.40. The first-order valence-electron chi connectivity index (χ1n) is 6.93. The van der Waals surface area contributed by atoms with Gasteiger partial charge < -0.3 is 14.8 Å². The van der Waals surface area contributed by atoms with Gasteiger partial charge in [0.05, 0.1) is 7.11 Å². The fourth-order valence-corrected chi connectivity index (χ4v) is 1.45. The van der Waals surface area contributed by atoms with Gasteiger partial charge in [-0.05, 0) is 18.8 Å². The predicted octanol–water partition coefficient (Wildman–Crippen LogP) is 1.42. The monoisotopic (exact) mass is 287 g/mol. The summed E-state index contributed by atoms with van der Waals surface area (Å²) < 4.78 is 9.53. The zero-order valence-electron chi connectivity index (χ0n) is 12.7. The second-order valence-electron chi connectivity index (χ2n) is 5.01. The number of nitrogens with one attached hydrogen (secondary N) is 1. The van der Waals surface area contributed by atoms with E-state index in [1.807, 2.05) is 20.8 Å². The van der Waals surface area contributed by atoms with Crippen molar-refractivity contribution >= 4 is 17.8 Å². The van der Waals surface area contributed by atoms with Gasteiger partial charge in [-0.3, -0.25) is 9.59 Å². The van der Waals surface area contributed by atoms with Crippen molar-refractivity contribution in [2.45, 2.75) is 52.5 Å². The highest BCUT2D eigenvalue weighted by molar-refractivity contribution is 5.84. The molecular weight excluding hydrogens is 262 g/mol. The van der Waals surface area contributed by atoms with Crippen LogP contribution in [0.5, 0.6) is 0 Å². The van der Waals surface area contributed by atoms with E-state index in [-0.39, 0.29) is 18.9 Å². The molecule has 0 saturated heterocycles. The molecule has 1 amide bonds. The van der Waals surface area contributed by atoms with Gasteiger partial charge in [0.15, 0.2) is 6.04 Å². The Morgan fingerprint density at radius 2 is 1.80 bits per heavy atom. The Labute approximate surface area is 120 Å². The van der Waals surface area contributed by atoms with Gasteiger partial charge in [0.2, 0.25) is 5.91 Å². The van der Waals surface area contributed by atoms with Crippen LogP contribution in [0.4, 0.5) is 0 Å². The Kier molecular flexibility index (Phi) is 9.41. The second kappa shape index (κ2) is 10.2. The maximum atomic E-state index is 11.7. The third-order valence-corrected chi connectivity index (χ3v) is 2.63. The molecule has 0 fully saturated rings. The van der Waals surface area contributed by atoms with E-state index in [9.17, 15) is 14.4 Å². The van der Waals surface area contributed by atoms with E-state index in [0.717, 1.165) is 6.42 Å². The van der Waals surface area contributed by atoms with Gasteiger partial charge in [-0.25, -0.2) is 4.79 Å². The van der Waals surface area contributed by atoms with Crippen LogP contribution in [0.2, 0.25) is 0 Å². The molecule has 0 aliphatic rings. The Morgan fingerprint density at radius 1 is 1.15 bits per heavy atom. The van der Waals surface area contributed by atoms with E-state index in [0.29, 0.717) is 18.8 Å². The fourth-order valence-electron chi connectivity index (χ4n) is 1.45. The van der Waals surface area contributed by atoms with Crippen LogP contribution in [-0.2, 0) is 23.9 Å². The second-order valence-corrected chi connectivity index (χ2v) is 5.01. The number of esters is 2. The van der Waals surface area contributed by atoms with Crippen LogP contribution in [0.25, 0.3) is 0 Å². The van der Waals surface area contributed by atoms with Crippen LogP contribution in [-0.4, -0.2) is 37.6 Å². The summed E-state index contributed by atoms with van der Waals surface area (Å²) in [6, 6.07) is -0.944. The van der Waals surface area contributed by atoms with Gasteiger partial charge in [-0.15, -0.1) is 0 Å². The Hall–Kier alpha value is -1.59. The summed E-state index contributed by atoms with van der Waals surface area (Å²) in [6.07, 6.45) is 2.01. The largest absolute Gasteiger partial charge is 0.467 e. The van der Waals surface area contributed by atoms with E-state index in [4.69, 9.17) is 4.74 Å². The SMILES string of the molecule is CCCC(=O)OCC(NC(=O)CCC(C)C)C(=O)OC. The van der Waals surface area contributed by atoms with Gasteiger partial charge in [0, 0.05) is 12.8 Å². The molecule has 0 aliphatic carbocycles. The summed E-state index contributed by atoms with van der Waals surface area (Å²) in [5.74, 6) is -0.856. The zero-order chi connectivity index (χ0) is 15.5. The predicted molar refractivity (Wildman–Crippen MR) is 73.9 cm³/mol. The molecule has 0 spiro atoms. The molecule has 0 saturated carbocycles. The van der Waals surface area contributed by atoms with Crippen LogP contribution in [0.15, 0.2) is 0 Å². The summed E-state index contributed by atoms with van der Waals surface area (Å²) >= 11 is 0. The van der Waals surface area contributed by atoms with Crippen molar-refractivity contribution in [1.82, 2.24) is 5.32 Å². The lowest BCUT2D eigenvalue weighted by atomic mass is 10.1. The number of hydrogen-bond acceptors (Lipinski definition) is 5. The van der Waals surface area contributed by atoms with Gasteiger partial charge >= 0.3 is 11.9 Å². The molecule has 116 valence electrons. The molecule has 1 N–H and O–H groups in total. The lowest BCUT2D eigenvalue weighted by Crippen LogP contribution is -2.45. The van der Waals surface area contributed by atoms with Crippen molar-refractivity contribution in [3.05, 3.63) is 0 Å². The van der Waals surface area contributed by atoms with E-state index >= 15 is 0 Å². The van der Waals surface area contributed by atoms with Crippen molar-refractivity contribution in [3.8, 4) is 0 Å². The van der Waals surface area contributed by atoms with Gasteiger partial charge in [0.25, 0.3) is 0 Å². The lowest BCUT2D eigenvalue weighted by Gasteiger charge is -2.16. The van der Waals surface area contributed by atoms with E-state index in [2.05, 4.69) is 10.1 Å². The maximum Gasteiger partial charge on any atom is 0.331 e. The summed E-state index contributed by atoms with van der Waals surface area (Å²) in [4.78, 5) is 34.5. The molecular formula is C14H25NO5. The lowest BCUT2D eigenvalue weighted by molar-refractivity contribution is -0.152. The molecule has 0 aromatic carbocycles. The van der Waals surface area contributed by atoms with Gasteiger partial charge in [0.1, 0.15) is 6.61 Å². The van der Waals surface area contributed by atoms with Gasteiger partial charge in [-0.2, -0.15) is 0 Å². The molecule has 0 aromatic rings. The Bertz CT molecular complexity index is 328. The molecule has 0 aromatic heterocycles. The van der Waals surface area contributed by atoms with Crippen molar-refractivity contribution < 1.29 is 23.9 Å². The number of ether oxygens (including phenoxy) is 2. The van der Waals surface area contributed by atoms with Gasteiger partial charge in [-0.1, -0.05) is 20.8 Å². The van der Waals surface area contributed by atoms with Crippen LogP contribution in [0.1, 0.15) is 46.5 Å². The van der Waals surface area contributed by atoms with Crippen LogP contribution in [0.3, 0.4) is 0 Å². The number of methoxy groups -OCH3 is 1. The van der Waals surface area contributed by atoms with Crippen molar-refractivity contribution in [1.29, 1.82) is 0 Å². The molecule has 1 atom stereocenters. The minimum absolute atomic E-state index is 0.196. The molecule has 0 bridgehead atoms. The highest BCUT2D eigenvalue weighted by Crippen LogP contribution is 2.04. The number of carbonyl (C=O) groups excluding carboxylic acids is 3. The summed E-state index contributed by atoms with van der Waals surface area (Å²) in [5, 5.41) is 2.53. The van der Waals surface area contributed by atoms with Crippen LogP contribution in [0, 0.1) is 5.92 Å². The molecule has 0 aliphatic heterocycles. The minimum Gasteiger partial charge on any atom is -0.467 e. The minimum atomic E-state index is -0.944. The third kappa shape index (κ3) is 8.50. The van der Waals surface area contributed by atoms with Crippen LogP contribution < -0.4 is 5.32 Å². The molecule has 0 radical (unpaired) electrons. The molecule has 20 heavy (non-hydrogen) atoms. The Morgan fingerprint density at radius 3 is 2.30 bits per heavy atom. The van der Waals surface area contributed by atoms with Crippen LogP contribution >= 0.6 is 0 Å². The van der Waals surface area contributed by atoms with E-state index < -0.39 is 18.0 Å². The molecule has 0 heterocycles. The number of carbonyl (C=O) groups is 3. The van der Waals surface area contributed by atoms with E-state index in [1.165, 1.54) is 7.11 Å². The highest BCUT2D eigenvalue weighted by atomic mass is 16.5. The maximum absolute atomic E-state index is 11.7. The fraction of sp³-hybridized carbons (Fsp3) is 0.786. The first kappa shape index (κ1) is 18.4. The van der Waals surface area contributed by atoms with Crippen molar-refractivity contribution in [3.63, 3.8) is 0 Å². The molecule has 6 heteroatoms. The number of hydrogen-bond donors (Lipinski definition) is 1. The molecule has 1 unspecified atom stereocenters. The first-order valence-corrected chi connectivity index (χ1v) is 6.93. The summed E-state index contributed by atoms with van der Waals surface area (Å²) in [5.41, 5.74) is 0. The average molecular weight is 287 g/mol. The third-order valence-electron chi connectivity index (χ3n) is 2.63. The quantitative estimate of drug-likeness (QED) is 0.649. The highest BCUT2D eigenvalue weighted by Gasteiger charge is 2.23. The molecule has 0 rings (SSSR count). The number of rotatable bonds is 9. The smallest absolute Gasteiger partial charge is 0.331 e.